The van der Waals surface area contributed by atoms with Crippen LogP contribution in [-0.4, -0.2) is 15.2 Å². The molecule has 0 saturated carbocycles. The van der Waals surface area contributed by atoms with Gasteiger partial charge in [0.25, 0.3) is 0 Å². The normalized spacial score (nSPS) is 10.6. The molecule has 3 aromatic rings. The number of benzene rings is 2. The van der Waals surface area contributed by atoms with Gasteiger partial charge in [-0.3, -0.25) is 0 Å². The standard InChI is InChI=1S/C15H8F5N5/c16-7-1-3-10(9(18)5-7)22-12-6-21-25-15(24-12)23-11-4-2-8(17)13(19)14(11)20/h1-6H,(H2,22,23,24,25). The topological polar surface area (TPSA) is 62.7 Å². The number of hydrogen-bond acceptors (Lipinski definition) is 5. The van der Waals surface area contributed by atoms with Crippen molar-refractivity contribution in [3.05, 3.63) is 65.6 Å². The molecule has 0 saturated heterocycles. The molecule has 10 heteroatoms. The number of hydrogen-bond donors (Lipinski definition) is 2. The van der Waals surface area contributed by atoms with E-state index < -0.39 is 34.8 Å². The van der Waals surface area contributed by atoms with Crippen molar-refractivity contribution < 1.29 is 22.0 Å². The summed E-state index contributed by atoms with van der Waals surface area (Å²) in [6.45, 7) is 0. The van der Waals surface area contributed by atoms with Gasteiger partial charge in [-0.2, -0.15) is 10.1 Å². The molecule has 25 heavy (non-hydrogen) atoms. The van der Waals surface area contributed by atoms with Gasteiger partial charge < -0.3 is 10.6 Å². The molecule has 0 atom stereocenters. The largest absolute Gasteiger partial charge is 0.336 e. The Morgan fingerprint density at radius 3 is 2.28 bits per heavy atom. The van der Waals surface area contributed by atoms with Crippen LogP contribution in [0.25, 0.3) is 0 Å². The minimum atomic E-state index is -1.65. The third-order valence-electron chi connectivity index (χ3n) is 3.03. The summed E-state index contributed by atoms with van der Waals surface area (Å²) in [5, 5.41) is 12.0. The van der Waals surface area contributed by atoms with E-state index >= 15 is 0 Å². The first-order valence-electron chi connectivity index (χ1n) is 6.76. The van der Waals surface area contributed by atoms with Gasteiger partial charge in [-0.05, 0) is 24.3 Å². The Balaban J connectivity index is 1.83. The van der Waals surface area contributed by atoms with Gasteiger partial charge in [-0.1, -0.05) is 0 Å². The van der Waals surface area contributed by atoms with Crippen LogP contribution in [0, 0.1) is 29.1 Å². The fourth-order valence-electron chi connectivity index (χ4n) is 1.89. The predicted molar refractivity (Wildman–Crippen MR) is 79.1 cm³/mol. The van der Waals surface area contributed by atoms with Crippen LogP contribution in [0.2, 0.25) is 0 Å². The highest BCUT2D eigenvalue weighted by Crippen LogP contribution is 2.23. The number of halogens is 5. The van der Waals surface area contributed by atoms with Gasteiger partial charge in [-0.25, -0.2) is 22.0 Å². The maximum Gasteiger partial charge on any atom is 0.249 e. The van der Waals surface area contributed by atoms with E-state index in [-0.39, 0.29) is 17.5 Å². The van der Waals surface area contributed by atoms with Crippen LogP contribution in [0.3, 0.4) is 0 Å². The van der Waals surface area contributed by atoms with Crippen molar-refractivity contribution >= 4 is 23.1 Å². The summed E-state index contributed by atoms with van der Waals surface area (Å²) in [5.41, 5.74) is -0.488. The molecule has 0 aliphatic heterocycles. The SMILES string of the molecule is Fc1ccc(Nc2cnnc(Nc3ccc(F)c(F)c3F)n2)c(F)c1. The molecule has 3 rings (SSSR count). The first kappa shape index (κ1) is 16.6. The molecule has 0 spiro atoms. The van der Waals surface area contributed by atoms with Gasteiger partial charge in [0, 0.05) is 6.07 Å². The molecule has 0 aliphatic rings. The van der Waals surface area contributed by atoms with E-state index in [1.807, 2.05) is 0 Å². The third-order valence-corrected chi connectivity index (χ3v) is 3.03. The second-order valence-corrected chi connectivity index (χ2v) is 4.76. The van der Waals surface area contributed by atoms with E-state index in [2.05, 4.69) is 25.8 Å². The van der Waals surface area contributed by atoms with E-state index in [4.69, 9.17) is 0 Å². The minimum Gasteiger partial charge on any atom is -0.336 e. The Bertz CT molecular complexity index is 934. The Morgan fingerprint density at radius 1 is 0.760 bits per heavy atom. The van der Waals surface area contributed by atoms with Gasteiger partial charge in [0.05, 0.1) is 17.6 Å². The molecule has 0 radical (unpaired) electrons. The van der Waals surface area contributed by atoms with Gasteiger partial charge in [-0.15, -0.1) is 5.10 Å². The fraction of sp³-hybridized carbons (Fsp3) is 0. The predicted octanol–water partition coefficient (Wildman–Crippen LogP) is 4.05. The smallest absolute Gasteiger partial charge is 0.249 e. The highest BCUT2D eigenvalue weighted by Gasteiger charge is 2.14. The van der Waals surface area contributed by atoms with E-state index in [0.717, 1.165) is 30.5 Å². The molecule has 128 valence electrons. The average molecular weight is 353 g/mol. The lowest BCUT2D eigenvalue weighted by Gasteiger charge is -2.09. The summed E-state index contributed by atoms with van der Waals surface area (Å²) in [7, 11) is 0. The zero-order valence-corrected chi connectivity index (χ0v) is 12.2. The Labute approximate surface area is 137 Å². The lowest BCUT2D eigenvalue weighted by molar-refractivity contribution is 0.449. The molecule has 0 unspecified atom stereocenters. The van der Waals surface area contributed by atoms with Crippen LogP contribution in [-0.2, 0) is 0 Å². The Kier molecular flexibility index (Phi) is 4.42. The molecule has 0 bridgehead atoms. The number of nitrogens with zero attached hydrogens (tertiary/aromatic N) is 3. The van der Waals surface area contributed by atoms with E-state index in [1.54, 1.807) is 0 Å². The number of rotatable bonds is 4. The monoisotopic (exact) mass is 353 g/mol. The average Bonchev–Trinajstić information content (AvgIpc) is 2.58. The second-order valence-electron chi connectivity index (χ2n) is 4.76. The Hall–Kier alpha value is -3.30. The van der Waals surface area contributed by atoms with Crippen molar-refractivity contribution in [2.75, 3.05) is 10.6 Å². The van der Waals surface area contributed by atoms with Crippen LogP contribution in [0.5, 0.6) is 0 Å². The van der Waals surface area contributed by atoms with E-state index in [0.29, 0.717) is 6.07 Å². The van der Waals surface area contributed by atoms with Crippen LogP contribution >= 0.6 is 0 Å². The van der Waals surface area contributed by atoms with Gasteiger partial charge >= 0.3 is 0 Å². The molecule has 0 fully saturated rings. The molecular weight excluding hydrogens is 345 g/mol. The first-order chi connectivity index (χ1) is 11.9. The minimum absolute atomic E-state index is 0.00556. The van der Waals surface area contributed by atoms with Crippen molar-refractivity contribution in [3.8, 4) is 0 Å². The van der Waals surface area contributed by atoms with Crippen LogP contribution in [0.15, 0.2) is 36.5 Å². The molecule has 2 aromatic carbocycles. The van der Waals surface area contributed by atoms with Gasteiger partial charge in [0.1, 0.15) is 11.6 Å². The summed E-state index contributed by atoms with van der Waals surface area (Å²) in [4.78, 5) is 3.88. The second kappa shape index (κ2) is 6.67. The molecule has 5 nitrogen and oxygen atoms in total. The molecule has 1 aromatic heterocycles. The van der Waals surface area contributed by atoms with Crippen molar-refractivity contribution in [3.63, 3.8) is 0 Å². The highest BCUT2D eigenvalue weighted by molar-refractivity contribution is 5.59. The summed E-state index contributed by atoms with van der Waals surface area (Å²) in [5.74, 6) is -6.31. The summed E-state index contributed by atoms with van der Waals surface area (Å²) >= 11 is 0. The molecule has 0 amide bonds. The van der Waals surface area contributed by atoms with Crippen LogP contribution < -0.4 is 10.6 Å². The van der Waals surface area contributed by atoms with Crippen molar-refractivity contribution in [1.82, 2.24) is 15.2 Å². The zero-order chi connectivity index (χ0) is 18.0. The maximum atomic E-state index is 13.6. The lowest BCUT2D eigenvalue weighted by Crippen LogP contribution is -2.05. The van der Waals surface area contributed by atoms with E-state index in [9.17, 15) is 22.0 Å². The number of anilines is 4. The van der Waals surface area contributed by atoms with Crippen LogP contribution in [0.1, 0.15) is 0 Å². The van der Waals surface area contributed by atoms with Crippen LogP contribution in [0.4, 0.5) is 45.1 Å². The fourth-order valence-corrected chi connectivity index (χ4v) is 1.89. The molecule has 1 heterocycles. The van der Waals surface area contributed by atoms with Crippen molar-refractivity contribution in [2.24, 2.45) is 0 Å². The lowest BCUT2D eigenvalue weighted by atomic mass is 10.3. The van der Waals surface area contributed by atoms with Crippen molar-refractivity contribution in [2.45, 2.75) is 0 Å². The highest BCUT2D eigenvalue weighted by atomic mass is 19.2. The first-order valence-corrected chi connectivity index (χ1v) is 6.76. The molecular formula is C15H8F5N5. The summed E-state index contributed by atoms with van der Waals surface area (Å²) in [6.07, 6.45) is 1.13. The summed E-state index contributed by atoms with van der Waals surface area (Å²) < 4.78 is 66.2. The van der Waals surface area contributed by atoms with Gasteiger partial charge in [0.15, 0.2) is 23.3 Å². The molecule has 0 aliphatic carbocycles. The van der Waals surface area contributed by atoms with Gasteiger partial charge in [0.2, 0.25) is 5.95 Å². The number of nitrogens with one attached hydrogen (secondary N) is 2. The number of aromatic nitrogens is 3. The molecule has 2 N–H and O–H groups in total. The zero-order valence-electron chi connectivity index (χ0n) is 12.2. The van der Waals surface area contributed by atoms with Crippen molar-refractivity contribution in [1.29, 1.82) is 0 Å². The Morgan fingerprint density at radius 2 is 1.52 bits per heavy atom. The third kappa shape index (κ3) is 3.62. The quantitative estimate of drug-likeness (QED) is 0.547. The van der Waals surface area contributed by atoms with E-state index in [1.165, 1.54) is 0 Å². The maximum absolute atomic E-state index is 13.6. The summed E-state index contributed by atoms with van der Waals surface area (Å²) in [6, 6.07) is 4.54.